The van der Waals surface area contributed by atoms with Gasteiger partial charge in [-0.2, -0.15) is 0 Å². The molecule has 1 N–H and O–H groups in total. The standard InChI is InChI=1S/C24H19NO2S/c1-17-11-14-20(15-12-17)28(27)23-21-10-6-5-7-18(21)13-16-22(23)25-24(26)19-8-3-2-4-9-19/h2-16H,1H3,(H,25,26). The van der Waals surface area contributed by atoms with Crippen molar-refractivity contribution in [2.45, 2.75) is 16.7 Å². The minimum absolute atomic E-state index is 0.224. The molecule has 28 heavy (non-hydrogen) atoms. The highest BCUT2D eigenvalue weighted by Crippen LogP contribution is 2.32. The number of hydrogen-bond donors (Lipinski definition) is 1. The predicted octanol–water partition coefficient (Wildman–Crippen LogP) is 5.57. The van der Waals surface area contributed by atoms with E-state index >= 15 is 0 Å². The monoisotopic (exact) mass is 385 g/mol. The molecule has 1 amide bonds. The molecule has 4 aromatic rings. The summed E-state index contributed by atoms with van der Waals surface area (Å²) in [6, 6.07) is 28.2. The van der Waals surface area contributed by atoms with Crippen LogP contribution >= 0.6 is 0 Å². The zero-order valence-electron chi connectivity index (χ0n) is 15.4. The normalized spacial score (nSPS) is 11.9. The van der Waals surface area contributed by atoms with Crippen LogP contribution in [0.3, 0.4) is 0 Å². The fourth-order valence-corrected chi connectivity index (χ4v) is 4.43. The number of carbonyl (C=O) groups is 1. The van der Waals surface area contributed by atoms with Gasteiger partial charge in [-0.05, 0) is 42.6 Å². The first-order valence-electron chi connectivity index (χ1n) is 9.00. The van der Waals surface area contributed by atoms with E-state index in [0.717, 1.165) is 16.3 Å². The molecule has 1 atom stereocenters. The molecule has 4 rings (SSSR count). The van der Waals surface area contributed by atoms with Crippen LogP contribution in [0.5, 0.6) is 0 Å². The third kappa shape index (κ3) is 3.59. The molecule has 0 heterocycles. The molecule has 1 unspecified atom stereocenters. The number of anilines is 1. The van der Waals surface area contributed by atoms with Gasteiger partial charge < -0.3 is 5.32 Å². The summed E-state index contributed by atoms with van der Waals surface area (Å²) in [7, 11) is -1.43. The Bertz CT molecular complexity index is 1170. The fourth-order valence-electron chi connectivity index (χ4n) is 3.10. The van der Waals surface area contributed by atoms with Crippen LogP contribution in [-0.2, 0) is 10.8 Å². The van der Waals surface area contributed by atoms with Gasteiger partial charge in [0.2, 0.25) is 0 Å². The van der Waals surface area contributed by atoms with Crippen LogP contribution in [0.25, 0.3) is 10.8 Å². The minimum Gasteiger partial charge on any atom is -0.321 e. The van der Waals surface area contributed by atoms with Gasteiger partial charge in [0.15, 0.2) is 0 Å². The summed E-state index contributed by atoms with van der Waals surface area (Å²) in [6.07, 6.45) is 0. The van der Waals surface area contributed by atoms with Crippen molar-refractivity contribution in [3.63, 3.8) is 0 Å². The zero-order valence-corrected chi connectivity index (χ0v) is 16.2. The topological polar surface area (TPSA) is 46.2 Å². The highest BCUT2D eigenvalue weighted by Gasteiger charge is 2.18. The zero-order chi connectivity index (χ0) is 19.5. The van der Waals surface area contributed by atoms with Gasteiger partial charge >= 0.3 is 0 Å². The van der Waals surface area contributed by atoms with Crippen LogP contribution in [0.2, 0.25) is 0 Å². The Morgan fingerprint density at radius 2 is 1.46 bits per heavy atom. The van der Waals surface area contributed by atoms with Gasteiger partial charge in [-0.15, -0.1) is 0 Å². The highest BCUT2D eigenvalue weighted by atomic mass is 32.2. The van der Waals surface area contributed by atoms with Crippen LogP contribution in [-0.4, -0.2) is 10.1 Å². The lowest BCUT2D eigenvalue weighted by atomic mass is 10.1. The fraction of sp³-hybridized carbons (Fsp3) is 0.0417. The lowest BCUT2D eigenvalue weighted by Crippen LogP contribution is -2.13. The van der Waals surface area contributed by atoms with Gasteiger partial charge in [-0.3, -0.25) is 4.79 Å². The van der Waals surface area contributed by atoms with Gasteiger partial charge in [0, 0.05) is 15.8 Å². The number of nitrogens with one attached hydrogen (secondary N) is 1. The molecular formula is C24H19NO2S. The Labute approximate surface area is 166 Å². The number of aryl methyl sites for hydroxylation is 1. The van der Waals surface area contributed by atoms with Crippen molar-refractivity contribution in [1.29, 1.82) is 0 Å². The second-order valence-corrected chi connectivity index (χ2v) is 7.98. The van der Waals surface area contributed by atoms with E-state index in [2.05, 4.69) is 5.32 Å². The van der Waals surface area contributed by atoms with E-state index in [0.29, 0.717) is 21.0 Å². The average Bonchev–Trinajstić information content (AvgIpc) is 2.74. The Morgan fingerprint density at radius 1 is 0.786 bits per heavy atom. The Balaban J connectivity index is 1.82. The molecule has 0 fully saturated rings. The minimum atomic E-state index is -1.43. The number of hydrogen-bond acceptors (Lipinski definition) is 2. The molecule has 0 aromatic heterocycles. The number of amides is 1. The molecule has 0 aliphatic heterocycles. The highest BCUT2D eigenvalue weighted by molar-refractivity contribution is 7.85. The first-order chi connectivity index (χ1) is 13.6. The van der Waals surface area contributed by atoms with Crippen LogP contribution in [0.15, 0.2) is 101 Å². The largest absolute Gasteiger partial charge is 0.321 e. The van der Waals surface area contributed by atoms with Gasteiger partial charge in [-0.1, -0.05) is 66.2 Å². The summed E-state index contributed by atoms with van der Waals surface area (Å²) in [5, 5.41) is 4.80. The summed E-state index contributed by atoms with van der Waals surface area (Å²) in [5.74, 6) is -0.224. The summed E-state index contributed by atoms with van der Waals surface area (Å²) >= 11 is 0. The molecule has 4 aromatic carbocycles. The first-order valence-corrected chi connectivity index (χ1v) is 10.1. The van der Waals surface area contributed by atoms with Crippen LogP contribution in [0.1, 0.15) is 15.9 Å². The maximum absolute atomic E-state index is 13.5. The number of benzene rings is 4. The van der Waals surface area contributed by atoms with Crippen LogP contribution < -0.4 is 5.32 Å². The molecule has 0 saturated carbocycles. The second kappa shape index (κ2) is 7.79. The van der Waals surface area contributed by atoms with Crippen molar-refractivity contribution >= 4 is 33.2 Å². The van der Waals surface area contributed by atoms with Crippen LogP contribution in [0.4, 0.5) is 5.69 Å². The maximum Gasteiger partial charge on any atom is 0.255 e. The van der Waals surface area contributed by atoms with Crippen molar-refractivity contribution in [1.82, 2.24) is 0 Å². The van der Waals surface area contributed by atoms with E-state index in [1.54, 1.807) is 12.1 Å². The van der Waals surface area contributed by atoms with Crippen molar-refractivity contribution < 1.29 is 9.00 Å². The molecular weight excluding hydrogens is 366 g/mol. The Morgan fingerprint density at radius 3 is 2.21 bits per heavy atom. The van der Waals surface area contributed by atoms with Gasteiger partial charge in [0.1, 0.15) is 0 Å². The summed E-state index contributed by atoms with van der Waals surface area (Å²) in [4.78, 5) is 14.0. The molecule has 138 valence electrons. The maximum atomic E-state index is 13.5. The van der Waals surface area contributed by atoms with Crippen molar-refractivity contribution in [3.8, 4) is 0 Å². The van der Waals surface area contributed by atoms with Crippen molar-refractivity contribution in [2.24, 2.45) is 0 Å². The third-order valence-corrected chi connectivity index (χ3v) is 6.10. The van der Waals surface area contributed by atoms with E-state index in [-0.39, 0.29) is 5.91 Å². The summed E-state index contributed by atoms with van der Waals surface area (Å²) in [6.45, 7) is 2.00. The van der Waals surface area contributed by atoms with Crippen molar-refractivity contribution in [2.75, 3.05) is 5.32 Å². The van der Waals surface area contributed by atoms with Crippen LogP contribution in [0, 0.1) is 6.92 Å². The lowest BCUT2D eigenvalue weighted by molar-refractivity contribution is 0.102. The van der Waals surface area contributed by atoms with Crippen molar-refractivity contribution in [3.05, 3.63) is 102 Å². The molecule has 0 aliphatic carbocycles. The smallest absolute Gasteiger partial charge is 0.255 e. The van der Waals surface area contributed by atoms with E-state index in [1.807, 2.05) is 85.8 Å². The predicted molar refractivity (Wildman–Crippen MR) is 114 cm³/mol. The van der Waals surface area contributed by atoms with Gasteiger partial charge in [0.05, 0.1) is 21.4 Å². The Kier molecular flexibility index (Phi) is 5.04. The molecule has 4 heteroatoms. The molecule has 0 spiro atoms. The van der Waals surface area contributed by atoms with Gasteiger partial charge in [-0.25, -0.2) is 4.21 Å². The quantitative estimate of drug-likeness (QED) is 0.499. The molecule has 0 saturated heterocycles. The number of fused-ring (bicyclic) bond motifs is 1. The second-order valence-electron chi connectivity index (χ2n) is 6.57. The molecule has 3 nitrogen and oxygen atoms in total. The van der Waals surface area contributed by atoms with Gasteiger partial charge in [0.25, 0.3) is 5.91 Å². The molecule has 0 bridgehead atoms. The Hall–Kier alpha value is -3.24. The average molecular weight is 385 g/mol. The molecule has 0 aliphatic rings. The molecule has 0 radical (unpaired) electrons. The number of carbonyl (C=O) groups excluding carboxylic acids is 1. The summed E-state index contributed by atoms with van der Waals surface area (Å²) < 4.78 is 13.5. The van der Waals surface area contributed by atoms with E-state index in [4.69, 9.17) is 0 Å². The first kappa shape index (κ1) is 18.1. The summed E-state index contributed by atoms with van der Waals surface area (Å²) in [5.41, 5.74) is 2.23. The number of rotatable bonds is 4. The van der Waals surface area contributed by atoms with E-state index < -0.39 is 10.8 Å². The van der Waals surface area contributed by atoms with E-state index in [1.165, 1.54) is 0 Å². The van der Waals surface area contributed by atoms with E-state index in [9.17, 15) is 9.00 Å². The third-order valence-electron chi connectivity index (χ3n) is 4.58. The SMILES string of the molecule is Cc1ccc(S(=O)c2c(NC(=O)c3ccccc3)ccc3ccccc23)cc1. The lowest BCUT2D eigenvalue weighted by Gasteiger charge is -2.14.